The van der Waals surface area contributed by atoms with E-state index >= 15 is 0 Å². The number of halogens is 1. The van der Waals surface area contributed by atoms with Gasteiger partial charge in [-0.05, 0) is 12.5 Å². The van der Waals surface area contributed by atoms with Gasteiger partial charge in [0.2, 0.25) is 0 Å². The predicted octanol–water partition coefficient (Wildman–Crippen LogP) is 2.83. The highest BCUT2D eigenvalue weighted by Crippen LogP contribution is 2.34. The van der Waals surface area contributed by atoms with Gasteiger partial charge in [0.1, 0.15) is 12.1 Å². The molecule has 0 aliphatic rings. The molecule has 0 atom stereocenters. The first-order valence-electron chi connectivity index (χ1n) is 8.54. The Morgan fingerprint density at radius 3 is 2.82 bits per heavy atom. The quantitative estimate of drug-likeness (QED) is 0.317. The second-order valence-corrected chi connectivity index (χ2v) is 6.17. The number of rotatable bonds is 9. The number of esters is 1. The van der Waals surface area contributed by atoms with E-state index in [0.717, 1.165) is 11.8 Å². The third-order valence-corrected chi connectivity index (χ3v) is 4.16. The van der Waals surface area contributed by atoms with Crippen molar-refractivity contribution >= 4 is 40.1 Å². The molecule has 3 rings (SSSR count). The normalized spacial score (nSPS) is 10.7. The Hall–Kier alpha value is -3.07. The van der Waals surface area contributed by atoms with E-state index in [4.69, 9.17) is 21.1 Å². The number of ether oxygens (including phenoxy) is 3. The Morgan fingerprint density at radius 2 is 2.07 bits per heavy atom. The summed E-state index contributed by atoms with van der Waals surface area (Å²) in [6.45, 7) is 0.484. The topological polar surface area (TPSA) is 111 Å². The van der Waals surface area contributed by atoms with Crippen LogP contribution in [0, 0.1) is 0 Å². The number of aromatic nitrogens is 4. The average molecular weight is 406 g/mol. The van der Waals surface area contributed by atoms with E-state index in [2.05, 4.69) is 30.2 Å². The van der Waals surface area contributed by atoms with Crippen LogP contribution >= 0.6 is 11.6 Å². The lowest BCUT2D eigenvalue weighted by molar-refractivity contribution is -0.139. The number of fused-ring (bicyclic) bond motifs is 1. The molecule has 1 aromatic carbocycles. The molecule has 0 radical (unpaired) electrons. The van der Waals surface area contributed by atoms with Crippen LogP contribution in [-0.4, -0.2) is 52.8 Å². The monoisotopic (exact) mass is 405 g/mol. The van der Waals surface area contributed by atoms with Crippen LogP contribution in [0.5, 0.6) is 11.5 Å². The first kappa shape index (κ1) is 19.7. The van der Waals surface area contributed by atoms with E-state index in [1.165, 1.54) is 13.4 Å². The van der Waals surface area contributed by atoms with Crippen molar-refractivity contribution in [3.8, 4) is 11.5 Å². The molecule has 0 unspecified atom stereocenters. The highest BCUT2D eigenvalue weighted by Gasteiger charge is 2.13. The molecule has 0 amide bonds. The summed E-state index contributed by atoms with van der Waals surface area (Å²) in [5.41, 5.74) is 1.31. The highest BCUT2D eigenvalue weighted by atomic mass is 35.5. The van der Waals surface area contributed by atoms with Gasteiger partial charge in [-0.25, -0.2) is 9.97 Å². The number of nitrogens with zero attached hydrogens (tertiary/aromatic N) is 3. The standard InChI is InChI=1S/C18H20ClN5O4/c1-26-14-8-12-13(9-15(14)28-5-3-4-19)20-10-21-18(12)22-16-6-11(23-24-16)7-17(25)27-2/h6,8-10H,3-5,7H2,1-2H3,(H2,20,21,22,23,24). The van der Waals surface area contributed by atoms with Crippen molar-refractivity contribution < 1.29 is 19.0 Å². The second-order valence-electron chi connectivity index (χ2n) is 5.79. The third-order valence-electron chi connectivity index (χ3n) is 3.90. The molecule has 0 saturated heterocycles. The summed E-state index contributed by atoms with van der Waals surface area (Å²) < 4.78 is 15.8. The summed E-state index contributed by atoms with van der Waals surface area (Å²) in [5.74, 6) is 2.38. The van der Waals surface area contributed by atoms with Crippen LogP contribution in [0.4, 0.5) is 11.6 Å². The van der Waals surface area contributed by atoms with Gasteiger partial charge in [0.05, 0.1) is 32.8 Å². The molecule has 0 saturated carbocycles. The number of alkyl halides is 1. The summed E-state index contributed by atoms with van der Waals surface area (Å²) in [5, 5.41) is 10.8. The number of hydrogen-bond acceptors (Lipinski definition) is 8. The zero-order valence-electron chi connectivity index (χ0n) is 15.5. The fraction of sp³-hybridized carbons (Fsp3) is 0.333. The molecule has 0 spiro atoms. The number of benzene rings is 1. The minimum absolute atomic E-state index is 0.104. The average Bonchev–Trinajstić information content (AvgIpc) is 3.14. The van der Waals surface area contributed by atoms with Crippen molar-refractivity contribution in [3.05, 3.63) is 30.2 Å². The molecule has 0 aliphatic carbocycles. The van der Waals surface area contributed by atoms with Crippen molar-refractivity contribution in [1.29, 1.82) is 0 Å². The Kier molecular flexibility index (Phi) is 6.49. The van der Waals surface area contributed by atoms with Crippen LogP contribution in [-0.2, 0) is 16.0 Å². The van der Waals surface area contributed by atoms with Gasteiger partial charge in [-0.15, -0.1) is 11.6 Å². The van der Waals surface area contributed by atoms with E-state index in [1.807, 2.05) is 0 Å². The van der Waals surface area contributed by atoms with E-state index < -0.39 is 0 Å². The van der Waals surface area contributed by atoms with Crippen LogP contribution in [0.25, 0.3) is 10.9 Å². The molecule has 0 aliphatic heterocycles. The van der Waals surface area contributed by atoms with Crippen LogP contribution < -0.4 is 14.8 Å². The number of anilines is 2. The van der Waals surface area contributed by atoms with Gasteiger partial charge in [0.15, 0.2) is 17.3 Å². The lowest BCUT2D eigenvalue weighted by Gasteiger charge is -2.13. The number of carbonyl (C=O) groups is 1. The zero-order valence-corrected chi connectivity index (χ0v) is 16.2. The maximum atomic E-state index is 11.4. The fourth-order valence-corrected chi connectivity index (χ4v) is 2.65. The maximum absolute atomic E-state index is 11.4. The summed E-state index contributed by atoms with van der Waals surface area (Å²) in [6.07, 6.45) is 2.28. The van der Waals surface area contributed by atoms with Gasteiger partial charge in [-0.3, -0.25) is 9.89 Å². The van der Waals surface area contributed by atoms with Crippen LogP contribution in [0.1, 0.15) is 12.1 Å². The minimum Gasteiger partial charge on any atom is -0.493 e. The molecule has 2 aromatic heterocycles. The summed E-state index contributed by atoms with van der Waals surface area (Å²) >= 11 is 5.70. The fourth-order valence-electron chi connectivity index (χ4n) is 2.54. The molecule has 0 fully saturated rings. The first-order valence-corrected chi connectivity index (χ1v) is 9.07. The van der Waals surface area contributed by atoms with Gasteiger partial charge in [0.25, 0.3) is 0 Å². The Morgan fingerprint density at radius 1 is 1.21 bits per heavy atom. The van der Waals surface area contributed by atoms with E-state index in [9.17, 15) is 4.79 Å². The van der Waals surface area contributed by atoms with E-state index in [1.54, 1.807) is 25.3 Å². The lowest BCUT2D eigenvalue weighted by Crippen LogP contribution is -2.04. The van der Waals surface area contributed by atoms with E-state index in [0.29, 0.717) is 46.8 Å². The van der Waals surface area contributed by atoms with Crippen molar-refractivity contribution in [3.63, 3.8) is 0 Å². The first-order chi connectivity index (χ1) is 13.6. The number of H-pyrrole nitrogens is 1. The number of methoxy groups -OCH3 is 2. The lowest BCUT2D eigenvalue weighted by atomic mass is 10.2. The minimum atomic E-state index is -0.353. The SMILES string of the molecule is COC(=O)Cc1cc(Nc2ncnc3cc(OCCCCl)c(OC)cc23)n[nH]1. The van der Waals surface area contributed by atoms with Gasteiger partial charge in [-0.2, -0.15) is 5.10 Å². The molecule has 28 heavy (non-hydrogen) atoms. The number of hydrogen-bond donors (Lipinski definition) is 2. The van der Waals surface area contributed by atoms with Crippen LogP contribution in [0.3, 0.4) is 0 Å². The molecular weight excluding hydrogens is 386 g/mol. The van der Waals surface area contributed by atoms with E-state index in [-0.39, 0.29) is 12.4 Å². The van der Waals surface area contributed by atoms with Gasteiger partial charge < -0.3 is 19.5 Å². The summed E-state index contributed by atoms with van der Waals surface area (Å²) in [4.78, 5) is 20.0. The molecule has 2 heterocycles. The number of aromatic amines is 1. The van der Waals surface area contributed by atoms with Crippen LogP contribution in [0.15, 0.2) is 24.5 Å². The Labute approximate surface area is 166 Å². The summed E-state index contributed by atoms with van der Waals surface area (Å²) in [6, 6.07) is 5.31. The van der Waals surface area contributed by atoms with Gasteiger partial charge in [-0.1, -0.05) is 0 Å². The molecular formula is C18H20ClN5O4. The molecule has 0 bridgehead atoms. The van der Waals surface area contributed by atoms with Crippen molar-refractivity contribution in [1.82, 2.24) is 20.2 Å². The third kappa shape index (κ3) is 4.61. The van der Waals surface area contributed by atoms with Crippen molar-refractivity contribution in [2.24, 2.45) is 0 Å². The highest BCUT2D eigenvalue weighted by molar-refractivity contribution is 6.17. The van der Waals surface area contributed by atoms with Gasteiger partial charge >= 0.3 is 5.97 Å². The zero-order chi connectivity index (χ0) is 19.9. The van der Waals surface area contributed by atoms with Crippen LogP contribution in [0.2, 0.25) is 0 Å². The molecule has 10 heteroatoms. The Bertz CT molecular complexity index is 962. The number of carbonyl (C=O) groups excluding carboxylic acids is 1. The maximum Gasteiger partial charge on any atom is 0.311 e. The summed E-state index contributed by atoms with van der Waals surface area (Å²) in [7, 11) is 2.91. The van der Waals surface area contributed by atoms with Crippen molar-refractivity contribution in [2.75, 3.05) is 32.0 Å². The predicted molar refractivity (Wildman–Crippen MR) is 105 cm³/mol. The largest absolute Gasteiger partial charge is 0.493 e. The molecule has 3 aromatic rings. The van der Waals surface area contributed by atoms with Crippen molar-refractivity contribution in [2.45, 2.75) is 12.8 Å². The second kappa shape index (κ2) is 9.23. The molecule has 148 valence electrons. The molecule has 2 N–H and O–H groups in total. The Balaban J connectivity index is 1.86. The smallest absolute Gasteiger partial charge is 0.311 e. The number of nitrogens with one attached hydrogen (secondary N) is 2. The molecule has 9 nitrogen and oxygen atoms in total. The van der Waals surface area contributed by atoms with Gasteiger partial charge in [0, 0.05) is 29.1 Å².